The van der Waals surface area contributed by atoms with Crippen LogP contribution in [0, 0.1) is 0 Å². The lowest BCUT2D eigenvalue weighted by atomic mass is 10.3. The Morgan fingerprint density at radius 2 is 2.33 bits per heavy atom. The predicted octanol–water partition coefficient (Wildman–Crippen LogP) is -0.290. The fourth-order valence-electron chi connectivity index (χ4n) is 0.762. The summed E-state index contributed by atoms with van der Waals surface area (Å²) in [7, 11) is 0. The van der Waals surface area contributed by atoms with E-state index < -0.39 is 24.6 Å². The number of nitrogens with zero attached hydrogens (tertiary/aromatic N) is 1. The molecule has 0 aliphatic heterocycles. The summed E-state index contributed by atoms with van der Waals surface area (Å²) in [5.74, 6) is -1.30. The first-order chi connectivity index (χ1) is 7.13. The first kappa shape index (κ1) is 11.4. The zero-order valence-corrected chi connectivity index (χ0v) is 8.32. The number of carbonyl (C=O) groups excluding carboxylic acids is 1. The summed E-state index contributed by atoms with van der Waals surface area (Å²) in [6.07, 6.45) is 1.50. The molecule has 0 saturated heterocycles. The molecule has 15 heavy (non-hydrogen) atoms. The Morgan fingerprint density at radius 1 is 1.60 bits per heavy atom. The summed E-state index contributed by atoms with van der Waals surface area (Å²) in [6.45, 7) is -0.666. The number of amides is 2. The van der Waals surface area contributed by atoms with Crippen LogP contribution in [0.5, 0.6) is 0 Å². The maximum atomic E-state index is 11.2. The molecule has 1 heterocycles. The van der Waals surface area contributed by atoms with Crippen LogP contribution in [-0.2, 0) is 4.79 Å². The van der Waals surface area contributed by atoms with E-state index in [1.165, 1.54) is 17.5 Å². The van der Waals surface area contributed by atoms with Crippen LogP contribution in [0.25, 0.3) is 0 Å². The third-order valence-corrected chi connectivity index (χ3v) is 2.13. The molecular weight excluding hydrogens is 222 g/mol. The van der Waals surface area contributed by atoms with Crippen molar-refractivity contribution in [2.75, 3.05) is 11.9 Å². The Kier molecular flexibility index (Phi) is 4.01. The van der Waals surface area contributed by atoms with Gasteiger partial charge in [-0.1, -0.05) is 0 Å². The Hall–Kier alpha value is -1.67. The molecule has 7 nitrogen and oxygen atoms in total. The molecule has 0 spiro atoms. The second-order valence-corrected chi connectivity index (χ2v) is 3.40. The van der Waals surface area contributed by atoms with Crippen LogP contribution in [0.2, 0.25) is 0 Å². The summed E-state index contributed by atoms with van der Waals surface area (Å²) < 4.78 is 0. The SMILES string of the molecule is O=C(Nc1nccs1)N[C@@H](CO)C(=O)O. The Bertz CT molecular complexity index is 340. The number of nitrogens with one attached hydrogen (secondary N) is 2. The standard InChI is InChI=1S/C7H9N3O4S/c11-3-4(5(12)13)9-6(14)10-7-8-1-2-15-7/h1-2,4,11H,3H2,(H,12,13)(H2,8,9,10,14)/t4-/m0/s1. The number of rotatable bonds is 4. The summed E-state index contributed by atoms with van der Waals surface area (Å²) in [6, 6.07) is -2.03. The van der Waals surface area contributed by atoms with Crippen LogP contribution in [0.3, 0.4) is 0 Å². The largest absolute Gasteiger partial charge is 0.480 e. The quantitative estimate of drug-likeness (QED) is 0.569. The van der Waals surface area contributed by atoms with Gasteiger partial charge in [-0.15, -0.1) is 11.3 Å². The van der Waals surface area contributed by atoms with Gasteiger partial charge in [0.2, 0.25) is 0 Å². The van der Waals surface area contributed by atoms with E-state index in [2.05, 4.69) is 15.6 Å². The molecule has 0 aliphatic rings. The number of aliphatic hydroxyl groups excluding tert-OH is 1. The monoisotopic (exact) mass is 231 g/mol. The number of aromatic nitrogens is 1. The second-order valence-electron chi connectivity index (χ2n) is 2.51. The molecule has 0 saturated carbocycles. The Morgan fingerprint density at radius 3 is 2.80 bits per heavy atom. The molecule has 0 bridgehead atoms. The number of hydrogen-bond acceptors (Lipinski definition) is 5. The lowest BCUT2D eigenvalue weighted by Crippen LogP contribution is -2.45. The molecule has 1 aromatic rings. The van der Waals surface area contributed by atoms with Gasteiger partial charge in [-0.25, -0.2) is 14.6 Å². The first-order valence-corrected chi connectivity index (χ1v) is 4.82. The Labute approximate surface area is 88.8 Å². The molecule has 82 valence electrons. The fourth-order valence-corrected chi connectivity index (χ4v) is 1.29. The van der Waals surface area contributed by atoms with Gasteiger partial charge >= 0.3 is 12.0 Å². The average Bonchev–Trinajstić information content (AvgIpc) is 2.66. The van der Waals surface area contributed by atoms with Crippen LogP contribution < -0.4 is 10.6 Å². The molecule has 4 N–H and O–H groups in total. The summed E-state index contributed by atoms with van der Waals surface area (Å²) >= 11 is 1.20. The number of urea groups is 1. The van der Waals surface area contributed by atoms with Gasteiger partial charge in [-0.2, -0.15) is 0 Å². The van der Waals surface area contributed by atoms with Crippen molar-refractivity contribution in [3.05, 3.63) is 11.6 Å². The molecule has 1 atom stereocenters. The van der Waals surface area contributed by atoms with Gasteiger partial charge in [0.1, 0.15) is 0 Å². The van der Waals surface area contributed by atoms with Crippen molar-refractivity contribution in [2.45, 2.75) is 6.04 Å². The smallest absolute Gasteiger partial charge is 0.328 e. The highest BCUT2D eigenvalue weighted by Crippen LogP contribution is 2.09. The fraction of sp³-hybridized carbons (Fsp3) is 0.286. The van der Waals surface area contributed by atoms with Crippen LogP contribution in [0.15, 0.2) is 11.6 Å². The van der Waals surface area contributed by atoms with Crippen LogP contribution in [0.1, 0.15) is 0 Å². The van der Waals surface area contributed by atoms with Gasteiger partial charge in [0.25, 0.3) is 0 Å². The van der Waals surface area contributed by atoms with Gasteiger partial charge in [-0.05, 0) is 0 Å². The van der Waals surface area contributed by atoms with Crippen molar-refractivity contribution in [1.29, 1.82) is 0 Å². The van der Waals surface area contributed by atoms with Gasteiger partial charge in [0.05, 0.1) is 6.61 Å². The average molecular weight is 231 g/mol. The normalized spacial score (nSPS) is 11.8. The van der Waals surface area contributed by atoms with E-state index in [-0.39, 0.29) is 0 Å². The van der Waals surface area contributed by atoms with Gasteiger partial charge in [-0.3, -0.25) is 5.32 Å². The highest BCUT2D eigenvalue weighted by Gasteiger charge is 2.18. The van der Waals surface area contributed by atoms with Crippen LogP contribution >= 0.6 is 11.3 Å². The van der Waals surface area contributed by atoms with Crippen molar-refractivity contribution in [1.82, 2.24) is 10.3 Å². The summed E-state index contributed by atoms with van der Waals surface area (Å²) in [5.41, 5.74) is 0. The first-order valence-electron chi connectivity index (χ1n) is 3.94. The van der Waals surface area contributed by atoms with Gasteiger partial charge in [0, 0.05) is 11.6 Å². The van der Waals surface area contributed by atoms with E-state index in [0.29, 0.717) is 5.13 Å². The van der Waals surface area contributed by atoms with Crippen LogP contribution in [0.4, 0.5) is 9.93 Å². The van der Waals surface area contributed by atoms with E-state index in [1.807, 2.05) is 0 Å². The minimum atomic E-state index is -1.31. The maximum Gasteiger partial charge on any atom is 0.328 e. The third kappa shape index (κ3) is 3.52. The van der Waals surface area contributed by atoms with E-state index in [4.69, 9.17) is 10.2 Å². The minimum absolute atomic E-state index is 0.356. The van der Waals surface area contributed by atoms with Crippen molar-refractivity contribution in [3.63, 3.8) is 0 Å². The van der Waals surface area contributed by atoms with E-state index >= 15 is 0 Å². The number of aliphatic hydroxyl groups is 1. The maximum absolute atomic E-state index is 11.2. The lowest BCUT2D eigenvalue weighted by Gasteiger charge is -2.11. The molecule has 8 heteroatoms. The van der Waals surface area contributed by atoms with Crippen LogP contribution in [-0.4, -0.2) is 39.8 Å². The van der Waals surface area contributed by atoms with Crippen molar-refractivity contribution in [2.24, 2.45) is 0 Å². The number of carboxylic acid groups (broad SMARTS) is 1. The summed E-state index contributed by atoms with van der Waals surface area (Å²) in [4.78, 5) is 25.4. The molecule has 1 aromatic heterocycles. The zero-order valence-electron chi connectivity index (χ0n) is 7.51. The van der Waals surface area contributed by atoms with Crippen molar-refractivity contribution >= 4 is 28.5 Å². The zero-order chi connectivity index (χ0) is 11.3. The topological polar surface area (TPSA) is 112 Å². The molecule has 0 aliphatic carbocycles. The molecule has 0 unspecified atom stereocenters. The second kappa shape index (κ2) is 5.27. The molecule has 1 rings (SSSR count). The lowest BCUT2D eigenvalue weighted by molar-refractivity contribution is -0.140. The number of hydrogen-bond donors (Lipinski definition) is 4. The molecule has 0 aromatic carbocycles. The number of anilines is 1. The predicted molar refractivity (Wildman–Crippen MR) is 52.8 cm³/mol. The number of carboxylic acids is 1. The van der Waals surface area contributed by atoms with Gasteiger partial charge < -0.3 is 15.5 Å². The molecule has 0 fully saturated rings. The van der Waals surface area contributed by atoms with Crippen molar-refractivity contribution < 1.29 is 19.8 Å². The summed E-state index contributed by atoms with van der Waals surface area (Å²) in [5, 5.41) is 23.6. The van der Waals surface area contributed by atoms with Gasteiger partial charge in [0.15, 0.2) is 11.2 Å². The molecule has 0 radical (unpaired) electrons. The Balaban J connectivity index is 2.45. The third-order valence-electron chi connectivity index (χ3n) is 1.44. The highest BCUT2D eigenvalue weighted by atomic mass is 32.1. The van der Waals surface area contributed by atoms with E-state index in [1.54, 1.807) is 5.38 Å². The number of carbonyl (C=O) groups is 2. The van der Waals surface area contributed by atoms with Crippen molar-refractivity contribution in [3.8, 4) is 0 Å². The number of thiazole rings is 1. The minimum Gasteiger partial charge on any atom is -0.480 e. The highest BCUT2D eigenvalue weighted by molar-refractivity contribution is 7.13. The van der Waals surface area contributed by atoms with E-state index in [0.717, 1.165) is 0 Å². The molecule has 2 amide bonds. The number of aliphatic carboxylic acids is 1. The van der Waals surface area contributed by atoms with E-state index in [9.17, 15) is 9.59 Å². The molecular formula is C7H9N3O4S.